The maximum Gasteiger partial charge on any atom is 0.129 e. The van der Waals surface area contributed by atoms with Gasteiger partial charge in [0, 0.05) is 5.56 Å². The molecular formula is C18H28O2. The smallest absolute Gasteiger partial charge is 0.129 e. The lowest BCUT2D eigenvalue weighted by Gasteiger charge is -2.30. The lowest BCUT2D eigenvalue weighted by atomic mass is 9.88. The van der Waals surface area contributed by atoms with Crippen LogP contribution in [-0.2, 0) is 5.60 Å². The lowest BCUT2D eigenvalue weighted by molar-refractivity contribution is 0.0652. The van der Waals surface area contributed by atoms with Gasteiger partial charge in [0.25, 0.3) is 0 Å². The van der Waals surface area contributed by atoms with Crippen LogP contribution in [0.1, 0.15) is 71.4 Å². The number of para-hydroxylation sites is 1. The van der Waals surface area contributed by atoms with Gasteiger partial charge in [-0.2, -0.15) is 0 Å². The Labute approximate surface area is 123 Å². The fraction of sp³-hybridized carbons (Fsp3) is 0.667. The van der Waals surface area contributed by atoms with Gasteiger partial charge >= 0.3 is 0 Å². The molecule has 1 unspecified atom stereocenters. The summed E-state index contributed by atoms with van der Waals surface area (Å²) in [5, 5.41) is 10.4. The molecule has 1 N–H and O–H groups in total. The highest BCUT2D eigenvalue weighted by Gasteiger charge is 2.34. The van der Waals surface area contributed by atoms with E-state index in [-0.39, 0.29) is 5.60 Å². The van der Waals surface area contributed by atoms with Gasteiger partial charge in [-0.05, 0) is 64.9 Å². The molecule has 0 spiro atoms. The summed E-state index contributed by atoms with van der Waals surface area (Å²) >= 11 is 0. The van der Waals surface area contributed by atoms with E-state index in [0.717, 1.165) is 17.2 Å². The zero-order chi connectivity index (χ0) is 15.1. The van der Waals surface area contributed by atoms with Gasteiger partial charge in [-0.3, -0.25) is 0 Å². The molecule has 1 saturated carbocycles. The van der Waals surface area contributed by atoms with Crippen molar-refractivity contribution in [1.29, 1.82) is 0 Å². The van der Waals surface area contributed by atoms with Crippen molar-refractivity contribution < 1.29 is 9.84 Å². The Hall–Kier alpha value is -1.02. The molecule has 1 fully saturated rings. The first kappa shape index (κ1) is 15.4. The van der Waals surface area contributed by atoms with Crippen molar-refractivity contribution in [1.82, 2.24) is 0 Å². The fourth-order valence-electron chi connectivity index (χ4n) is 2.67. The third-order valence-electron chi connectivity index (χ3n) is 3.93. The van der Waals surface area contributed by atoms with Crippen LogP contribution in [0.2, 0.25) is 0 Å². The van der Waals surface area contributed by atoms with E-state index in [0.29, 0.717) is 5.92 Å². The van der Waals surface area contributed by atoms with Crippen molar-refractivity contribution in [3.63, 3.8) is 0 Å². The second-order valence-electron chi connectivity index (χ2n) is 7.62. The van der Waals surface area contributed by atoms with Gasteiger partial charge in [-0.15, -0.1) is 0 Å². The SMILES string of the molecule is CC(c1cccc(C(C)(C)O)c1OC(C)(C)C)C1CC1. The van der Waals surface area contributed by atoms with E-state index in [2.05, 4.69) is 33.8 Å². The number of aliphatic hydroxyl groups is 1. The van der Waals surface area contributed by atoms with Crippen LogP contribution in [0.4, 0.5) is 0 Å². The summed E-state index contributed by atoms with van der Waals surface area (Å²) in [6, 6.07) is 6.17. The van der Waals surface area contributed by atoms with Crippen LogP contribution in [0, 0.1) is 5.92 Å². The number of benzene rings is 1. The molecule has 2 nitrogen and oxygen atoms in total. The molecule has 1 aliphatic carbocycles. The molecule has 0 aliphatic heterocycles. The highest BCUT2D eigenvalue weighted by molar-refractivity contribution is 5.47. The van der Waals surface area contributed by atoms with Crippen molar-refractivity contribution in [3.8, 4) is 5.75 Å². The Kier molecular flexibility index (Phi) is 3.90. The summed E-state index contributed by atoms with van der Waals surface area (Å²) in [4.78, 5) is 0. The predicted octanol–water partition coefficient (Wildman–Crippen LogP) is 4.60. The van der Waals surface area contributed by atoms with Crippen LogP contribution in [0.3, 0.4) is 0 Å². The van der Waals surface area contributed by atoms with E-state index in [4.69, 9.17) is 4.74 Å². The van der Waals surface area contributed by atoms with Crippen molar-refractivity contribution >= 4 is 0 Å². The third-order valence-corrected chi connectivity index (χ3v) is 3.93. The molecule has 1 aliphatic rings. The van der Waals surface area contributed by atoms with Gasteiger partial charge in [-0.25, -0.2) is 0 Å². The Balaban J connectivity index is 2.49. The molecule has 0 amide bonds. The first-order valence-corrected chi connectivity index (χ1v) is 7.64. The van der Waals surface area contributed by atoms with E-state index in [9.17, 15) is 5.11 Å². The van der Waals surface area contributed by atoms with Gasteiger partial charge in [0.05, 0.1) is 5.60 Å². The summed E-state index contributed by atoms with van der Waals surface area (Å²) in [6.45, 7) is 12.1. The molecule has 1 aromatic rings. The maximum absolute atomic E-state index is 10.4. The van der Waals surface area contributed by atoms with Crippen molar-refractivity contribution in [2.24, 2.45) is 5.92 Å². The molecule has 0 bridgehead atoms. The molecule has 20 heavy (non-hydrogen) atoms. The summed E-state index contributed by atoms with van der Waals surface area (Å²) < 4.78 is 6.23. The quantitative estimate of drug-likeness (QED) is 0.870. The Morgan fingerprint density at radius 3 is 2.20 bits per heavy atom. The second kappa shape index (κ2) is 5.07. The zero-order valence-corrected chi connectivity index (χ0v) is 13.7. The standard InChI is InChI=1S/C18H28O2/c1-12(13-10-11-13)14-8-7-9-15(18(5,6)19)16(14)20-17(2,3)4/h7-9,12-13,19H,10-11H2,1-6H3. The van der Waals surface area contributed by atoms with Crippen molar-refractivity contribution in [2.75, 3.05) is 0 Å². The number of hydrogen-bond donors (Lipinski definition) is 1. The maximum atomic E-state index is 10.4. The summed E-state index contributed by atoms with van der Waals surface area (Å²) in [5.74, 6) is 2.15. The van der Waals surface area contributed by atoms with Gasteiger partial charge in [0.1, 0.15) is 11.4 Å². The topological polar surface area (TPSA) is 29.5 Å². The minimum atomic E-state index is -0.889. The lowest BCUT2D eigenvalue weighted by Crippen LogP contribution is -2.27. The van der Waals surface area contributed by atoms with E-state index in [1.54, 1.807) is 0 Å². The van der Waals surface area contributed by atoms with Crippen LogP contribution in [-0.4, -0.2) is 10.7 Å². The molecule has 0 aromatic heterocycles. The third kappa shape index (κ3) is 3.54. The van der Waals surface area contributed by atoms with E-state index >= 15 is 0 Å². The first-order valence-electron chi connectivity index (χ1n) is 7.64. The largest absolute Gasteiger partial charge is 0.487 e. The van der Waals surface area contributed by atoms with Crippen LogP contribution < -0.4 is 4.74 Å². The Morgan fingerprint density at radius 2 is 1.75 bits per heavy atom. The Bertz CT molecular complexity index is 473. The Morgan fingerprint density at radius 1 is 1.15 bits per heavy atom. The summed E-state index contributed by atoms with van der Waals surface area (Å²) in [6.07, 6.45) is 2.62. The molecule has 1 atom stereocenters. The predicted molar refractivity (Wildman–Crippen MR) is 83.2 cm³/mol. The average molecular weight is 276 g/mol. The second-order valence-corrected chi connectivity index (χ2v) is 7.62. The summed E-state index contributed by atoms with van der Waals surface area (Å²) in [7, 11) is 0. The molecule has 0 saturated heterocycles. The van der Waals surface area contributed by atoms with Crippen LogP contribution in [0.5, 0.6) is 5.75 Å². The van der Waals surface area contributed by atoms with Gasteiger partial charge in [-0.1, -0.05) is 25.1 Å². The average Bonchev–Trinajstić information content (AvgIpc) is 3.08. The van der Waals surface area contributed by atoms with Crippen LogP contribution in [0.15, 0.2) is 18.2 Å². The first-order chi connectivity index (χ1) is 9.09. The van der Waals surface area contributed by atoms with Gasteiger partial charge in [0.15, 0.2) is 0 Å². The highest BCUT2D eigenvalue weighted by Crippen LogP contribution is 2.47. The number of hydrogen-bond acceptors (Lipinski definition) is 2. The van der Waals surface area contributed by atoms with Crippen molar-refractivity contribution in [2.45, 2.75) is 71.5 Å². The minimum Gasteiger partial charge on any atom is -0.487 e. The minimum absolute atomic E-state index is 0.265. The van der Waals surface area contributed by atoms with Gasteiger partial charge in [0.2, 0.25) is 0 Å². The molecule has 2 rings (SSSR count). The molecule has 0 radical (unpaired) electrons. The fourth-order valence-corrected chi connectivity index (χ4v) is 2.67. The van der Waals surface area contributed by atoms with Crippen LogP contribution >= 0.6 is 0 Å². The molecule has 1 aromatic carbocycles. The zero-order valence-electron chi connectivity index (χ0n) is 13.7. The van der Waals surface area contributed by atoms with Gasteiger partial charge < -0.3 is 9.84 Å². The molecular weight excluding hydrogens is 248 g/mol. The van der Waals surface area contributed by atoms with Crippen molar-refractivity contribution in [3.05, 3.63) is 29.3 Å². The van der Waals surface area contributed by atoms with E-state index in [1.165, 1.54) is 18.4 Å². The molecule has 0 heterocycles. The van der Waals surface area contributed by atoms with E-state index in [1.807, 2.05) is 26.0 Å². The normalized spacial score (nSPS) is 17.9. The number of rotatable bonds is 4. The number of ether oxygens (including phenoxy) is 1. The van der Waals surface area contributed by atoms with Crippen LogP contribution in [0.25, 0.3) is 0 Å². The van der Waals surface area contributed by atoms with E-state index < -0.39 is 5.60 Å². The highest BCUT2D eigenvalue weighted by atomic mass is 16.5. The molecule has 2 heteroatoms. The summed E-state index contributed by atoms with van der Waals surface area (Å²) in [5.41, 5.74) is 0.971. The molecule has 112 valence electrons. The monoisotopic (exact) mass is 276 g/mol.